The van der Waals surface area contributed by atoms with Gasteiger partial charge in [0.2, 0.25) is 10.0 Å². The van der Waals surface area contributed by atoms with Crippen LogP contribution >= 0.6 is 0 Å². The molecule has 2 aromatic carbocycles. The topological polar surface area (TPSA) is 97.2 Å². The summed E-state index contributed by atoms with van der Waals surface area (Å²) in [5.41, 5.74) is 1.41. The zero-order chi connectivity index (χ0) is 20.3. The van der Waals surface area contributed by atoms with Crippen LogP contribution in [0.15, 0.2) is 65.7 Å². The highest BCUT2D eigenvalue weighted by molar-refractivity contribution is 7.89. The molecule has 0 aliphatic rings. The van der Waals surface area contributed by atoms with Crippen LogP contribution in [0.25, 0.3) is 5.69 Å². The molecule has 0 aliphatic heterocycles. The number of nitrogens with zero attached hydrogens (tertiary/aromatic N) is 4. The van der Waals surface area contributed by atoms with E-state index in [0.29, 0.717) is 5.69 Å². The lowest BCUT2D eigenvalue weighted by Gasteiger charge is -2.21. The van der Waals surface area contributed by atoms with Gasteiger partial charge in [-0.05, 0) is 50.2 Å². The molecule has 1 aromatic heterocycles. The van der Waals surface area contributed by atoms with Crippen LogP contribution in [-0.4, -0.2) is 46.7 Å². The highest BCUT2D eigenvalue weighted by atomic mass is 32.2. The second kappa shape index (κ2) is 7.91. The predicted octanol–water partition coefficient (Wildman–Crippen LogP) is 2.55. The molecule has 0 saturated heterocycles. The molecule has 9 heteroatoms. The van der Waals surface area contributed by atoms with Crippen LogP contribution in [0.2, 0.25) is 0 Å². The Labute approximate surface area is 163 Å². The Bertz CT molecular complexity index is 1060. The van der Waals surface area contributed by atoms with E-state index in [-0.39, 0.29) is 16.6 Å². The average molecular weight is 399 g/mol. The maximum atomic E-state index is 12.5. The standard InChI is InChI=1S/C19H21N5O3S/c1-14(2)23(3)28(26,27)17-11-9-15(10-12-17)20-19(25)18-13-24(22-21-18)16-7-5-4-6-8-16/h4-14H,1-3H3,(H,20,25). The third-order valence-corrected chi connectivity index (χ3v) is 6.31. The molecule has 0 bridgehead atoms. The number of benzene rings is 2. The van der Waals surface area contributed by atoms with Gasteiger partial charge in [-0.25, -0.2) is 13.1 Å². The zero-order valence-corrected chi connectivity index (χ0v) is 16.6. The van der Waals surface area contributed by atoms with Crippen molar-refractivity contribution in [2.75, 3.05) is 12.4 Å². The van der Waals surface area contributed by atoms with Crippen LogP contribution in [0.3, 0.4) is 0 Å². The van der Waals surface area contributed by atoms with Gasteiger partial charge in [-0.1, -0.05) is 23.4 Å². The van der Waals surface area contributed by atoms with Gasteiger partial charge in [-0.3, -0.25) is 4.79 Å². The van der Waals surface area contributed by atoms with E-state index in [1.165, 1.54) is 34.4 Å². The van der Waals surface area contributed by atoms with Crippen LogP contribution in [0.5, 0.6) is 0 Å². The van der Waals surface area contributed by atoms with Gasteiger partial charge in [0, 0.05) is 18.8 Å². The molecule has 0 atom stereocenters. The first kappa shape index (κ1) is 19.7. The van der Waals surface area contributed by atoms with Crippen LogP contribution in [-0.2, 0) is 10.0 Å². The Balaban J connectivity index is 1.73. The van der Waals surface area contributed by atoms with Crippen molar-refractivity contribution in [3.8, 4) is 5.69 Å². The van der Waals surface area contributed by atoms with Gasteiger partial charge in [0.1, 0.15) is 0 Å². The minimum absolute atomic E-state index is 0.153. The third-order valence-electron chi connectivity index (χ3n) is 4.26. The van der Waals surface area contributed by atoms with E-state index in [1.807, 2.05) is 30.3 Å². The molecule has 3 rings (SSSR count). The van der Waals surface area contributed by atoms with Crippen molar-refractivity contribution < 1.29 is 13.2 Å². The Kier molecular flexibility index (Phi) is 5.57. The van der Waals surface area contributed by atoms with Gasteiger partial charge in [0.25, 0.3) is 5.91 Å². The summed E-state index contributed by atoms with van der Waals surface area (Å²) in [4.78, 5) is 12.5. The summed E-state index contributed by atoms with van der Waals surface area (Å²) in [6.45, 7) is 3.60. The fourth-order valence-corrected chi connectivity index (χ4v) is 3.79. The average Bonchev–Trinajstić information content (AvgIpc) is 3.19. The highest BCUT2D eigenvalue weighted by Gasteiger charge is 2.23. The lowest BCUT2D eigenvalue weighted by atomic mass is 10.3. The highest BCUT2D eigenvalue weighted by Crippen LogP contribution is 2.19. The van der Waals surface area contributed by atoms with Crippen LogP contribution < -0.4 is 5.32 Å². The third kappa shape index (κ3) is 4.10. The molecular weight excluding hydrogens is 378 g/mol. The number of rotatable bonds is 6. The summed E-state index contributed by atoms with van der Waals surface area (Å²) < 4.78 is 27.8. The Morgan fingerprint density at radius 3 is 2.32 bits per heavy atom. The summed E-state index contributed by atoms with van der Waals surface area (Å²) in [7, 11) is -2.03. The first-order valence-corrected chi connectivity index (χ1v) is 10.1. The fraction of sp³-hybridized carbons (Fsp3) is 0.211. The van der Waals surface area contributed by atoms with E-state index in [1.54, 1.807) is 26.0 Å². The van der Waals surface area contributed by atoms with Crippen molar-refractivity contribution in [1.82, 2.24) is 19.3 Å². The van der Waals surface area contributed by atoms with Crippen molar-refractivity contribution in [2.24, 2.45) is 0 Å². The molecule has 0 unspecified atom stereocenters. The molecule has 0 radical (unpaired) electrons. The fourth-order valence-electron chi connectivity index (χ4n) is 2.42. The molecule has 0 saturated carbocycles. The lowest BCUT2D eigenvalue weighted by molar-refractivity contribution is 0.102. The van der Waals surface area contributed by atoms with Crippen LogP contribution in [0.1, 0.15) is 24.3 Å². The van der Waals surface area contributed by atoms with E-state index in [9.17, 15) is 13.2 Å². The molecule has 0 spiro atoms. The number of anilines is 1. The van der Waals surface area contributed by atoms with Crippen molar-refractivity contribution in [3.63, 3.8) is 0 Å². The second-order valence-corrected chi connectivity index (χ2v) is 8.47. The molecule has 8 nitrogen and oxygen atoms in total. The maximum absolute atomic E-state index is 12.5. The molecule has 146 valence electrons. The minimum atomic E-state index is -3.57. The number of hydrogen-bond acceptors (Lipinski definition) is 5. The van der Waals surface area contributed by atoms with E-state index < -0.39 is 15.9 Å². The quantitative estimate of drug-likeness (QED) is 0.687. The number of carbonyl (C=O) groups is 1. The van der Waals surface area contributed by atoms with E-state index in [4.69, 9.17) is 0 Å². The van der Waals surface area contributed by atoms with Crippen molar-refractivity contribution >= 4 is 21.6 Å². The van der Waals surface area contributed by atoms with Gasteiger partial charge >= 0.3 is 0 Å². The van der Waals surface area contributed by atoms with E-state index in [2.05, 4.69) is 15.6 Å². The first-order valence-electron chi connectivity index (χ1n) is 8.66. The molecule has 28 heavy (non-hydrogen) atoms. The monoisotopic (exact) mass is 399 g/mol. The number of carbonyl (C=O) groups excluding carboxylic acids is 1. The summed E-state index contributed by atoms with van der Waals surface area (Å²) >= 11 is 0. The largest absolute Gasteiger partial charge is 0.321 e. The summed E-state index contributed by atoms with van der Waals surface area (Å²) in [6, 6.07) is 15.2. The van der Waals surface area contributed by atoms with Crippen molar-refractivity contribution in [1.29, 1.82) is 0 Å². The van der Waals surface area contributed by atoms with Gasteiger partial charge in [-0.2, -0.15) is 4.31 Å². The normalized spacial score (nSPS) is 11.8. The Morgan fingerprint density at radius 2 is 1.71 bits per heavy atom. The molecule has 1 N–H and O–H groups in total. The molecular formula is C19H21N5O3S. The lowest BCUT2D eigenvalue weighted by Crippen LogP contribution is -2.33. The number of sulfonamides is 1. The van der Waals surface area contributed by atoms with E-state index in [0.717, 1.165) is 5.69 Å². The number of para-hydroxylation sites is 1. The van der Waals surface area contributed by atoms with Crippen LogP contribution in [0.4, 0.5) is 5.69 Å². The Hall–Kier alpha value is -3.04. The first-order chi connectivity index (χ1) is 13.3. The van der Waals surface area contributed by atoms with Gasteiger partial charge < -0.3 is 5.32 Å². The molecule has 0 aliphatic carbocycles. The van der Waals surface area contributed by atoms with Crippen LogP contribution in [0, 0.1) is 0 Å². The van der Waals surface area contributed by atoms with Gasteiger partial charge in [0.05, 0.1) is 16.8 Å². The Morgan fingerprint density at radius 1 is 1.07 bits per heavy atom. The molecule has 3 aromatic rings. The molecule has 0 fully saturated rings. The number of nitrogens with one attached hydrogen (secondary N) is 1. The van der Waals surface area contributed by atoms with E-state index >= 15 is 0 Å². The zero-order valence-electron chi connectivity index (χ0n) is 15.8. The van der Waals surface area contributed by atoms with Gasteiger partial charge in [-0.15, -0.1) is 5.10 Å². The SMILES string of the molecule is CC(C)N(C)S(=O)(=O)c1ccc(NC(=O)c2cn(-c3ccccc3)nn2)cc1. The minimum Gasteiger partial charge on any atom is -0.321 e. The number of hydrogen-bond donors (Lipinski definition) is 1. The maximum Gasteiger partial charge on any atom is 0.277 e. The summed E-state index contributed by atoms with van der Waals surface area (Å²) in [5, 5.41) is 10.5. The molecule has 1 heterocycles. The second-order valence-electron chi connectivity index (χ2n) is 6.48. The van der Waals surface area contributed by atoms with Crippen molar-refractivity contribution in [2.45, 2.75) is 24.8 Å². The molecule has 1 amide bonds. The predicted molar refractivity (Wildman–Crippen MR) is 106 cm³/mol. The summed E-state index contributed by atoms with van der Waals surface area (Å²) in [5.74, 6) is -0.433. The van der Waals surface area contributed by atoms with Gasteiger partial charge in [0.15, 0.2) is 5.69 Å². The number of aromatic nitrogens is 3. The van der Waals surface area contributed by atoms with Crippen molar-refractivity contribution in [3.05, 3.63) is 66.5 Å². The smallest absolute Gasteiger partial charge is 0.277 e. The summed E-state index contributed by atoms with van der Waals surface area (Å²) in [6.07, 6.45) is 1.53. The number of amides is 1.